The van der Waals surface area contributed by atoms with Crippen LogP contribution in [0.5, 0.6) is 5.75 Å². The van der Waals surface area contributed by atoms with Crippen LogP contribution in [0.1, 0.15) is 21.5 Å². The molecule has 9 nitrogen and oxygen atoms in total. The molecule has 0 aromatic heterocycles. The van der Waals surface area contributed by atoms with Gasteiger partial charge in [0.15, 0.2) is 0 Å². The SMILES string of the molecule is COc1cc([N+](=O)[O-])ccc1C(=O)NC1N=C(c2ccccc2)c2ccccc2N(C)C1=O. The summed E-state index contributed by atoms with van der Waals surface area (Å²) < 4.78 is 5.16. The molecule has 1 aliphatic heterocycles. The van der Waals surface area contributed by atoms with Gasteiger partial charge in [-0.1, -0.05) is 48.5 Å². The predicted molar refractivity (Wildman–Crippen MR) is 123 cm³/mol. The molecule has 0 aliphatic carbocycles. The van der Waals surface area contributed by atoms with E-state index in [1.54, 1.807) is 7.05 Å². The van der Waals surface area contributed by atoms with Crippen LogP contribution in [0, 0.1) is 10.1 Å². The summed E-state index contributed by atoms with van der Waals surface area (Å²) in [4.78, 5) is 42.8. The lowest BCUT2D eigenvalue weighted by molar-refractivity contribution is -0.384. The molecule has 9 heteroatoms. The van der Waals surface area contributed by atoms with Gasteiger partial charge in [-0.25, -0.2) is 4.99 Å². The third kappa shape index (κ3) is 4.16. The third-order valence-electron chi connectivity index (χ3n) is 5.30. The van der Waals surface area contributed by atoms with Crippen molar-refractivity contribution in [1.82, 2.24) is 5.32 Å². The molecule has 2 amide bonds. The highest BCUT2D eigenvalue weighted by atomic mass is 16.6. The molecular formula is C24H20N4O5. The second-order valence-corrected chi connectivity index (χ2v) is 7.28. The normalized spacial score (nSPS) is 15.2. The Morgan fingerprint density at radius 3 is 2.48 bits per heavy atom. The fourth-order valence-corrected chi connectivity index (χ4v) is 3.63. The highest BCUT2D eigenvalue weighted by molar-refractivity contribution is 6.20. The molecule has 1 aliphatic rings. The van der Waals surface area contributed by atoms with Crippen molar-refractivity contribution in [3.05, 3.63) is 99.6 Å². The van der Waals surface area contributed by atoms with Gasteiger partial charge in [-0.05, 0) is 12.1 Å². The molecule has 0 spiro atoms. The highest BCUT2D eigenvalue weighted by Crippen LogP contribution is 2.28. The quantitative estimate of drug-likeness (QED) is 0.480. The maximum absolute atomic E-state index is 13.2. The van der Waals surface area contributed by atoms with E-state index in [1.807, 2.05) is 54.6 Å². The molecule has 0 saturated heterocycles. The zero-order chi connectivity index (χ0) is 23.5. The van der Waals surface area contributed by atoms with Crippen molar-refractivity contribution in [2.45, 2.75) is 6.17 Å². The number of ether oxygens (including phenoxy) is 1. The minimum atomic E-state index is -1.22. The van der Waals surface area contributed by atoms with Gasteiger partial charge in [0, 0.05) is 24.2 Å². The molecule has 1 N–H and O–H groups in total. The third-order valence-corrected chi connectivity index (χ3v) is 5.30. The number of benzene rings is 3. The molecule has 1 unspecified atom stereocenters. The first-order valence-electron chi connectivity index (χ1n) is 10.0. The van der Waals surface area contributed by atoms with E-state index in [9.17, 15) is 19.7 Å². The Labute approximate surface area is 189 Å². The molecule has 0 fully saturated rings. The van der Waals surface area contributed by atoms with Gasteiger partial charge in [-0.3, -0.25) is 19.7 Å². The minimum absolute atomic E-state index is 0.0201. The summed E-state index contributed by atoms with van der Waals surface area (Å²) in [6, 6.07) is 20.4. The van der Waals surface area contributed by atoms with Crippen LogP contribution in [-0.2, 0) is 4.79 Å². The van der Waals surface area contributed by atoms with E-state index < -0.39 is 22.9 Å². The molecule has 0 saturated carbocycles. The van der Waals surface area contributed by atoms with Crippen molar-refractivity contribution in [3.8, 4) is 5.75 Å². The molecule has 4 rings (SSSR count). The summed E-state index contributed by atoms with van der Waals surface area (Å²) in [5.74, 6) is -1.05. The van der Waals surface area contributed by atoms with E-state index in [2.05, 4.69) is 10.3 Å². The first-order valence-corrected chi connectivity index (χ1v) is 10.0. The van der Waals surface area contributed by atoms with Gasteiger partial charge in [0.25, 0.3) is 17.5 Å². The number of methoxy groups -OCH3 is 1. The molecule has 0 radical (unpaired) electrons. The number of hydrogen-bond acceptors (Lipinski definition) is 6. The average molecular weight is 444 g/mol. The van der Waals surface area contributed by atoms with Crippen LogP contribution >= 0.6 is 0 Å². The number of amides is 2. The number of nitrogens with one attached hydrogen (secondary N) is 1. The smallest absolute Gasteiger partial charge is 0.273 e. The van der Waals surface area contributed by atoms with Gasteiger partial charge in [0.05, 0.1) is 35.1 Å². The molecule has 33 heavy (non-hydrogen) atoms. The van der Waals surface area contributed by atoms with Crippen molar-refractivity contribution in [2.75, 3.05) is 19.1 Å². The lowest BCUT2D eigenvalue weighted by atomic mass is 10.0. The monoisotopic (exact) mass is 444 g/mol. The van der Waals surface area contributed by atoms with Crippen molar-refractivity contribution in [2.24, 2.45) is 4.99 Å². The number of benzodiazepines with no additional fused rings is 1. The lowest BCUT2D eigenvalue weighted by Crippen LogP contribution is -2.46. The Morgan fingerprint density at radius 2 is 1.79 bits per heavy atom. The van der Waals surface area contributed by atoms with Gasteiger partial charge in [0.2, 0.25) is 6.17 Å². The fourth-order valence-electron chi connectivity index (χ4n) is 3.63. The maximum atomic E-state index is 13.2. The number of likely N-dealkylation sites (N-methyl/N-ethyl adjacent to an activating group) is 1. The zero-order valence-electron chi connectivity index (χ0n) is 17.9. The number of aliphatic imine (C=N–C) groups is 1. The Kier molecular flexibility index (Phi) is 5.86. The van der Waals surface area contributed by atoms with Gasteiger partial charge in [-0.2, -0.15) is 0 Å². The van der Waals surface area contributed by atoms with Gasteiger partial charge in [0.1, 0.15) is 5.75 Å². The first-order chi connectivity index (χ1) is 15.9. The van der Waals surface area contributed by atoms with Crippen molar-refractivity contribution in [3.63, 3.8) is 0 Å². The van der Waals surface area contributed by atoms with Crippen LogP contribution in [0.3, 0.4) is 0 Å². The summed E-state index contributed by atoms with van der Waals surface area (Å²) in [6.07, 6.45) is -1.22. The number of para-hydroxylation sites is 1. The van der Waals surface area contributed by atoms with E-state index in [4.69, 9.17) is 4.74 Å². The molecular weight excluding hydrogens is 424 g/mol. The van der Waals surface area contributed by atoms with Crippen LogP contribution in [0.2, 0.25) is 0 Å². The number of nitro benzene ring substituents is 1. The van der Waals surface area contributed by atoms with Gasteiger partial charge < -0.3 is 15.0 Å². The Morgan fingerprint density at radius 1 is 1.09 bits per heavy atom. The molecule has 166 valence electrons. The topological polar surface area (TPSA) is 114 Å². The molecule has 3 aromatic carbocycles. The predicted octanol–water partition coefficient (Wildman–Crippen LogP) is 3.17. The van der Waals surface area contributed by atoms with E-state index in [0.29, 0.717) is 11.4 Å². The van der Waals surface area contributed by atoms with E-state index in [-0.39, 0.29) is 17.0 Å². The number of carbonyl (C=O) groups is 2. The van der Waals surface area contributed by atoms with Crippen LogP contribution in [0.25, 0.3) is 0 Å². The second-order valence-electron chi connectivity index (χ2n) is 7.28. The van der Waals surface area contributed by atoms with Gasteiger partial charge in [-0.15, -0.1) is 0 Å². The second kappa shape index (κ2) is 8.91. The van der Waals surface area contributed by atoms with Crippen LogP contribution < -0.4 is 15.0 Å². The minimum Gasteiger partial charge on any atom is -0.496 e. The molecule has 1 atom stereocenters. The number of anilines is 1. The van der Waals surface area contributed by atoms with E-state index in [1.165, 1.54) is 24.1 Å². The number of carbonyl (C=O) groups excluding carboxylic acids is 2. The largest absolute Gasteiger partial charge is 0.496 e. The number of nitro groups is 1. The molecule has 3 aromatic rings. The van der Waals surface area contributed by atoms with Crippen molar-refractivity contribution in [1.29, 1.82) is 0 Å². The highest BCUT2D eigenvalue weighted by Gasteiger charge is 2.31. The maximum Gasteiger partial charge on any atom is 0.273 e. The fraction of sp³-hybridized carbons (Fsp3) is 0.125. The van der Waals surface area contributed by atoms with Gasteiger partial charge >= 0.3 is 0 Å². The number of non-ortho nitro benzene ring substituents is 1. The Hall–Kier alpha value is -4.53. The molecule has 0 bridgehead atoms. The standard InChI is InChI=1S/C24H20N4O5/c1-27-19-11-7-6-10-17(19)21(15-8-4-3-5-9-15)25-22(24(27)30)26-23(29)18-13-12-16(28(31)32)14-20(18)33-2/h3-14,22H,1-2H3,(H,26,29). The summed E-state index contributed by atoms with van der Waals surface area (Å²) in [5, 5.41) is 13.7. The summed E-state index contributed by atoms with van der Waals surface area (Å²) >= 11 is 0. The Balaban J connectivity index is 1.75. The zero-order valence-corrected chi connectivity index (χ0v) is 17.9. The van der Waals surface area contributed by atoms with Crippen molar-refractivity contribution < 1.29 is 19.2 Å². The van der Waals surface area contributed by atoms with E-state index >= 15 is 0 Å². The number of hydrogen-bond donors (Lipinski definition) is 1. The average Bonchev–Trinajstić information content (AvgIpc) is 2.94. The van der Waals surface area contributed by atoms with Crippen LogP contribution in [-0.4, -0.2) is 42.8 Å². The molecule has 1 heterocycles. The van der Waals surface area contributed by atoms with E-state index in [0.717, 1.165) is 17.2 Å². The first kappa shape index (κ1) is 21.7. The Bertz CT molecular complexity index is 1270. The van der Waals surface area contributed by atoms with Crippen LogP contribution in [0.15, 0.2) is 77.8 Å². The number of fused-ring (bicyclic) bond motifs is 1. The number of nitrogens with zero attached hydrogens (tertiary/aromatic N) is 3. The summed E-state index contributed by atoms with van der Waals surface area (Å²) in [5.41, 5.74) is 2.61. The van der Waals surface area contributed by atoms with Crippen molar-refractivity contribution >= 4 is 28.9 Å². The van der Waals surface area contributed by atoms with Crippen LogP contribution in [0.4, 0.5) is 11.4 Å². The summed E-state index contributed by atoms with van der Waals surface area (Å²) in [6.45, 7) is 0. The summed E-state index contributed by atoms with van der Waals surface area (Å²) in [7, 11) is 2.93. The number of rotatable bonds is 5. The lowest BCUT2D eigenvalue weighted by Gasteiger charge is -2.21.